The zero-order valence-corrected chi connectivity index (χ0v) is 12.6. The first-order valence-corrected chi connectivity index (χ1v) is 7.26. The minimum Gasteiger partial charge on any atom is -0.399 e. The zero-order chi connectivity index (χ0) is 15.2. The molecule has 0 spiro atoms. The maximum absolute atomic E-state index is 12.1. The summed E-state index contributed by atoms with van der Waals surface area (Å²) >= 11 is 0. The molecular formula is C16H22N4O. The van der Waals surface area contributed by atoms with Gasteiger partial charge in [0.1, 0.15) is 5.82 Å². The highest BCUT2D eigenvalue weighted by Gasteiger charge is 2.07. The summed E-state index contributed by atoms with van der Waals surface area (Å²) in [5.41, 5.74) is 8.18. The van der Waals surface area contributed by atoms with Crippen LogP contribution in [0.2, 0.25) is 0 Å². The number of aromatic nitrogens is 2. The van der Waals surface area contributed by atoms with E-state index in [0.717, 1.165) is 29.9 Å². The highest BCUT2D eigenvalue weighted by atomic mass is 16.1. The highest BCUT2D eigenvalue weighted by molar-refractivity contribution is 5.91. The largest absolute Gasteiger partial charge is 0.399 e. The van der Waals surface area contributed by atoms with Gasteiger partial charge in [0.15, 0.2) is 0 Å². The number of hydrogen-bond acceptors (Lipinski definition) is 3. The molecule has 21 heavy (non-hydrogen) atoms. The molecule has 0 aliphatic carbocycles. The van der Waals surface area contributed by atoms with Crippen LogP contribution in [-0.4, -0.2) is 15.5 Å². The molecule has 1 heterocycles. The number of nitrogens with one attached hydrogen (secondary N) is 1. The van der Waals surface area contributed by atoms with Crippen LogP contribution in [0, 0.1) is 6.92 Å². The van der Waals surface area contributed by atoms with Crippen LogP contribution in [0.15, 0.2) is 30.6 Å². The summed E-state index contributed by atoms with van der Waals surface area (Å²) in [5, 5.41) is 2.91. The third kappa shape index (κ3) is 4.08. The van der Waals surface area contributed by atoms with E-state index in [-0.39, 0.29) is 5.91 Å². The average Bonchev–Trinajstić information content (AvgIpc) is 2.88. The number of benzene rings is 1. The summed E-state index contributed by atoms with van der Waals surface area (Å²) in [6.07, 6.45) is 6.10. The molecule has 3 N–H and O–H groups in total. The second kappa shape index (κ2) is 6.92. The molecule has 0 saturated carbocycles. The van der Waals surface area contributed by atoms with Gasteiger partial charge in [-0.05, 0) is 31.0 Å². The maximum atomic E-state index is 12.1. The molecule has 0 unspecified atom stereocenters. The molecule has 0 saturated heterocycles. The molecular weight excluding hydrogens is 264 g/mol. The van der Waals surface area contributed by atoms with Gasteiger partial charge in [0.25, 0.3) is 0 Å². The van der Waals surface area contributed by atoms with E-state index in [9.17, 15) is 4.79 Å². The lowest BCUT2D eigenvalue weighted by Crippen LogP contribution is -2.16. The number of rotatable bonds is 6. The molecule has 0 aliphatic heterocycles. The van der Waals surface area contributed by atoms with E-state index in [0.29, 0.717) is 18.7 Å². The fourth-order valence-corrected chi connectivity index (χ4v) is 2.20. The average molecular weight is 286 g/mol. The van der Waals surface area contributed by atoms with Gasteiger partial charge in [0.2, 0.25) is 5.91 Å². The summed E-state index contributed by atoms with van der Waals surface area (Å²) in [6.45, 7) is 4.71. The van der Waals surface area contributed by atoms with Gasteiger partial charge < -0.3 is 15.6 Å². The number of carbonyl (C=O) groups excluding carboxylic acids is 1. The molecule has 1 aromatic heterocycles. The van der Waals surface area contributed by atoms with Crippen LogP contribution in [0.25, 0.3) is 0 Å². The minimum absolute atomic E-state index is 0.0140. The van der Waals surface area contributed by atoms with E-state index in [1.165, 1.54) is 0 Å². The van der Waals surface area contributed by atoms with Crippen molar-refractivity contribution in [2.45, 2.75) is 39.7 Å². The summed E-state index contributed by atoms with van der Waals surface area (Å²) in [6, 6.07) is 5.51. The molecule has 0 bridgehead atoms. The molecule has 5 nitrogen and oxygen atoms in total. The predicted molar refractivity (Wildman–Crippen MR) is 85.1 cm³/mol. The van der Waals surface area contributed by atoms with E-state index >= 15 is 0 Å². The molecule has 2 aromatic rings. The van der Waals surface area contributed by atoms with Crippen molar-refractivity contribution >= 4 is 17.3 Å². The molecule has 0 aliphatic rings. The third-order valence-electron chi connectivity index (χ3n) is 3.39. The van der Waals surface area contributed by atoms with E-state index in [1.54, 1.807) is 12.3 Å². The lowest BCUT2D eigenvalue weighted by atomic mass is 10.2. The standard InChI is InChI=1S/C16H22N4O/c1-3-4-15-18-8-10-20(15)9-7-16(21)19-14-11-13(17)6-5-12(14)2/h5-6,8,10-11H,3-4,7,9,17H2,1-2H3,(H,19,21). The number of nitrogen functional groups attached to an aromatic ring is 1. The van der Waals surface area contributed by atoms with E-state index < -0.39 is 0 Å². The fourth-order valence-electron chi connectivity index (χ4n) is 2.20. The van der Waals surface area contributed by atoms with Gasteiger partial charge in [-0.3, -0.25) is 4.79 Å². The van der Waals surface area contributed by atoms with Crippen molar-refractivity contribution in [3.05, 3.63) is 42.0 Å². The Morgan fingerprint density at radius 1 is 1.43 bits per heavy atom. The van der Waals surface area contributed by atoms with Gasteiger partial charge in [-0.1, -0.05) is 13.0 Å². The summed E-state index contributed by atoms with van der Waals surface area (Å²) in [4.78, 5) is 16.4. The first-order valence-electron chi connectivity index (χ1n) is 7.26. The van der Waals surface area contributed by atoms with Crippen LogP contribution in [0.4, 0.5) is 11.4 Å². The van der Waals surface area contributed by atoms with Crippen molar-refractivity contribution in [3.8, 4) is 0 Å². The molecule has 5 heteroatoms. The molecule has 1 amide bonds. The van der Waals surface area contributed by atoms with Crippen LogP contribution in [0.5, 0.6) is 0 Å². The maximum Gasteiger partial charge on any atom is 0.226 e. The lowest BCUT2D eigenvalue weighted by Gasteiger charge is -2.10. The summed E-state index contributed by atoms with van der Waals surface area (Å²) < 4.78 is 2.04. The van der Waals surface area contributed by atoms with Crippen molar-refractivity contribution in [2.24, 2.45) is 0 Å². The lowest BCUT2D eigenvalue weighted by molar-refractivity contribution is -0.116. The molecule has 0 fully saturated rings. The molecule has 1 aromatic carbocycles. The Labute approximate surface area is 125 Å². The Balaban J connectivity index is 1.93. The second-order valence-electron chi connectivity index (χ2n) is 5.16. The number of imidazole rings is 1. The van der Waals surface area contributed by atoms with Gasteiger partial charge in [0, 0.05) is 43.2 Å². The number of nitrogens with zero attached hydrogens (tertiary/aromatic N) is 2. The van der Waals surface area contributed by atoms with Gasteiger partial charge in [-0.15, -0.1) is 0 Å². The van der Waals surface area contributed by atoms with Crippen molar-refractivity contribution in [1.82, 2.24) is 9.55 Å². The second-order valence-corrected chi connectivity index (χ2v) is 5.16. The van der Waals surface area contributed by atoms with E-state index in [4.69, 9.17) is 5.73 Å². The predicted octanol–water partition coefficient (Wildman–Crippen LogP) is 2.76. The number of anilines is 2. The molecule has 0 radical (unpaired) electrons. The van der Waals surface area contributed by atoms with Crippen molar-refractivity contribution in [3.63, 3.8) is 0 Å². The van der Waals surface area contributed by atoms with E-state index in [2.05, 4.69) is 17.2 Å². The Morgan fingerprint density at radius 3 is 3.00 bits per heavy atom. The van der Waals surface area contributed by atoms with Gasteiger partial charge in [-0.2, -0.15) is 0 Å². The third-order valence-corrected chi connectivity index (χ3v) is 3.39. The number of amides is 1. The fraction of sp³-hybridized carbons (Fsp3) is 0.375. The van der Waals surface area contributed by atoms with E-state index in [1.807, 2.05) is 29.8 Å². The first kappa shape index (κ1) is 15.1. The Morgan fingerprint density at radius 2 is 2.24 bits per heavy atom. The quantitative estimate of drug-likeness (QED) is 0.802. The zero-order valence-electron chi connectivity index (χ0n) is 12.6. The number of hydrogen-bond donors (Lipinski definition) is 2. The topological polar surface area (TPSA) is 72.9 Å². The summed E-state index contributed by atoms with van der Waals surface area (Å²) in [5.74, 6) is 1.02. The number of aryl methyl sites for hydroxylation is 3. The Bertz CT molecular complexity index is 618. The van der Waals surface area contributed by atoms with Crippen molar-refractivity contribution in [1.29, 1.82) is 0 Å². The smallest absolute Gasteiger partial charge is 0.226 e. The number of nitrogens with two attached hydrogens (primary N) is 1. The van der Waals surface area contributed by atoms with Gasteiger partial charge >= 0.3 is 0 Å². The number of carbonyl (C=O) groups is 1. The normalized spacial score (nSPS) is 10.6. The minimum atomic E-state index is -0.0140. The summed E-state index contributed by atoms with van der Waals surface area (Å²) in [7, 11) is 0. The SMILES string of the molecule is CCCc1nccn1CCC(=O)Nc1cc(N)ccc1C. The van der Waals surface area contributed by atoms with Crippen LogP contribution in [-0.2, 0) is 17.8 Å². The van der Waals surface area contributed by atoms with Gasteiger partial charge in [-0.25, -0.2) is 4.98 Å². The molecule has 2 rings (SSSR count). The molecule has 0 atom stereocenters. The van der Waals surface area contributed by atoms with Crippen LogP contribution in [0.3, 0.4) is 0 Å². The van der Waals surface area contributed by atoms with Crippen LogP contribution >= 0.6 is 0 Å². The monoisotopic (exact) mass is 286 g/mol. The van der Waals surface area contributed by atoms with Crippen molar-refractivity contribution < 1.29 is 4.79 Å². The van der Waals surface area contributed by atoms with Gasteiger partial charge in [0.05, 0.1) is 0 Å². The van der Waals surface area contributed by atoms with Crippen LogP contribution in [0.1, 0.15) is 31.2 Å². The first-order chi connectivity index (χ1) is 10.1. The van der Waals surface area contributed by atoms with Crippen LogP contribution < -0.4 is 11.1 Å². The Kier molecular flexibility index (Phi) is 4.98. The van der Waals surface area contributed by atoms with Crippen molar-refractivity contribution in [2.75, 3.05) is 11.1 Å². The molecule has 112 valence electrons. The Hall–Kier alpha value is -2.30. The highest BCUT2D eigenvalue weighted by Crippen LogP contribution is 2.18.